The fourth-order valence-corrected chi connectivity index (χ4v) is 2.96. The second kappa shape index (κ2) is 7.48. The van der Waals surface area contributed by atoms with Crippen molar-refractivity contribution in [3.05, 3.63) is 43.0 Å². The number of anilines is 1. The second-order valence-corrected chi connectivity index (χ2v) is 6.10. The number of fused-ring (bicyclic) bond motifs is 1. The number of ether oxygens (including phenoxy) is 2. The molecule has 1 saturated heterocycles. The highest BCUT2D eigenvalue weighted by Gasteiger charge is 2.44. The molecule has 3 heterocycles. The van der Waals surface area contributed by atoms with Gasteiger partial charge in [-0.25, -0.2) is 19.7 Å². The lowest BCUT2D eigenvalue weighted by Gasteiger charge is -2.16. The van der Waals surface area contributed by atoms with E-state index in [0.29, 0.717) is 5.75 Å². The van der Waals surface area contributed by atoms with Crippen LogP contribution in [0.2, 0.25) is 0 Å². The van der Waals surface area contributed by atoms with Gasteiger partial charge >= 0.3 is 6.09 Å². The van der Waals surface area contributed by atoms with Crippen LogP contribution in [0.15, 0.2) is 43.0 Å². The highest BCUT2D eigenvalue weighted by atomic mass is 16.6. The van der Waals surface area contributed by atoms with E-state index >= 15 is 0 Å². The minimum atomic E-state index is -1.29. The van der Waals surface area contributed by atoms with Gasteiger partial charge in [-0.1, -0.05) is 18.2 Å². The zero-order valence-corrected chi connectivity index (χ0v) is 14.4. The maximum Gasteiger partial charge on any atom is 0.418 e. The number of nitrogens with zero attached hydrogens (tertiary/aromatic N) is 4. The van der Waals surface area contributed by atoms with Crippen LogP contribution in [0.4, 0.5) is 10.6 Å². The number of hydrogen-bond acceptors (Lipinski definition) is 9. The topological polar surface area (TPSA) is 152 Å². The van der Waals surface area contributed by atoms with Crippen molar-refractivity contribution in [2.75, 3.05) is 11.9 Å². The summed E-state index contributed by atoms with van der Waals surface area (Å²) in [6.45, 7) is -0.450. The highest BCUT2D eigenvalue weighted by molar-refractivity contribution is 5.94. The summed E-state index contributed by atoms with van der Waals surface area (Å²) < 4.78 is 12.0. The number of para-hydroxylation sites is 1. The van der Waals surface area contributed by atoms with Gasteiger partial charge in [0.05, 0.1) is 12.9 Å². The predicted octanol–water partition coefficient (Wildman–Crippen LogP) is 0.0487. The summed E-state index contributed by atoms with van der Waals surface area (Å²) in [4.78, 5) is 24.4. The van der Waals surface area contributed by atoms with Crippen molar-refractivity contribution >= 4 is 23.1 Å². The lowest BCUT2D eigenvalue weighted by Crippen LogP contribution is -2.33. The molecule has 4 rings (SSSR count). The second-order valence-electron chi connectivity index (χ2n) is 6.10. The molecule has 4 atom stereocenters. The lowest BCUT2D eigenvalue weighted by molar-refractivity contribution is -0.0511. The molecule has 1 aromatic carbocycles. The van der Waals surface area contributed by atoms with Gasteiger partial charge in [0, 0.05) is 0 Å². The molecule has 1 fully saturated rings. The van der Waals surface area contributed by atoms with Crippen molar-refractivity contribution in [2.45, 2.75) is 24.5 Å². The van der Waals surface area contributed by atoms with E-state index in [2.05, 4.69) is 20.3 Å². The Labute approximate surface area is 158 Å². The largest absolute Gasteiger partial charge is 0.418 e. The van der Waals surface area contributed by atoms with Crippen LogP contribution in [0.1, 0.15) is 6.23 Å². The van der Waals surface area contributed by atoms with Crippen LogP contribution >= 0.6 is 0 Å². The SMILES string of the molecule is O=C(Nc1ncnc2c1ncn2[C@@H]1O[C@H](CO)C(O)C1O)Oc1ccccc1. The Hall–Kier alpha value is -3.12. The summed E-state index contributed by atoms with van der Waals surface area (Å²) in [5, 5.41) is 31.9. The van der Waals surface area contributed by atoms with Crippen LogP contribution in [-0.2, 0) is 4.74 Å². The van der Waals surface area contributed by atoms with Crippen LogP contribution in [0.25, 0.3) is 11.2 Å². The number of rotatable bonds is 4. The Morgan fingerprint density at radius 1 is 1.18 bits per heavy atom. The summed E-state index contributed by atoms with van der Waals surface area (Å²) in [5.41, 5.74) is 0.505. The Bertz CT molecular complexity index is 981. The van der Waals surface area contributed by atoms with E-state index in [4.69, 9.17) is 9.47 Å². The molecule has 11 nitrogen and oxygen atoms in total. The summed E-state index contributed by atoms with van der Waals surface area (Å²) in [7, 11) is 0. The molecule has 28 heavy (non-hydrogen) atoms. The first-order chi connectivity index (χ1) is 13.6. The van der Waals surface area contributed by atoms with E-state index in [1.54, 1.807) is 30.3 Å². The number of nitrogens with one attached hydrogen (secondary N) is 1. The van der Waals surface area contributed by atoms with Gasteiger partial charge < -0.3 is 24.8 Å². The lowest BCUT2D eigenvalue weighted by atomic mass is 10.1. The average molecular weight is 387 g/mol. The number of carbonyl (C=O) groups excluding carboxylic acids is 1. The number of hydrogen-bond donors (Lipinski definition) is 4. The molecule has 0 saturated carbocycles. The van der Waals surface area contributed by atoms with Crippen molar-refractivity contribution in [1.82, 2.24) is 19.5 Å². The molecule has 1 aliphatic rings. The van der Waals surface area contributed by atoms with Gasteiger partial charge in [0.1, 0.15) is 30.4 Å². The van der Waals surface area contributed by atoms with Gasteiger partial charge in [0.25, 0.3) is 0 Å². The first-order valence-electron chi connectivity index (χ1n) is 8.42. The van der Waals surface area contributed by atoms with Crippen LogP contribution in [-0.4, -0.2) is 65.9 Å². The van der Waals surface area contributed by atoms with Gasteiger partial charge in [-0.3, -0.25) is 9.88 Å². The number of aliphatic hydroxyl groups excluding tert-OH is 3. The number of aromatic nitrogens is 4. The summed E-state index contributed by atoms with van der Waals surface area (Å²) in [6, 6.07) is 8.52. The molecule has 0 aliphatic carbocycles. The van der Waals surface area contributed by atoms with Crippen LogP contribution in [0, 0.1) is 0 Å². The predicted molar refractivity (Wildman–Crippen MR) is 94.4 cm³/mol. The third-order valence-electron chi connectivity index (χ3n) is 4.32. The minimum Gasteiger partial charge on any atom is -0.410 e. The minimum absolute atomic E-state index is 0.108. The molecule has 0 spiro atoms. The third kappa shape index (κ3) is 3.27. The molecule has 0 radical (unpaired) electrons. The van der Waals surface area contributed by atoms with Crippen molar-refractivity contribution in [2.24, 2.45) is 0 Å². The highest BCUT2D eigenvalue weighted by Crippen LogP contribution is 2.32. The molecule has 3 aromatic rings. The molecule has 1 aliphatic heterocycles. The Balaban J connectivity index is 1.58. The van der Waals surface area contributed by atoms with Crippen molar-refractivity contribution in [3.8, 4) is 5.75 Å². The van der Waals surface area contributed by atoms with E-state index in [1.165, 1.54) is 17.2 Å². The fraction of sp³-hybridized carbons (Fsp3) is 0.294. The van der Waals surface area contributed by atoms with Crippen LogP contribution in [0.5, 0.6) is 5.75 Å². The molecule has 4 N–H and O–H groups in total. The van der Waals surface area contributed by atoms with Crippen molar-refractivity contribution in [1.29, 1.82) is 0 Å². The molecular formula is C17H17N5O6. The van der Waals surface area contributed by atoms with E-state index < -0.39 is 37.2 Å². The average Bonchev–Trinajstić information content (AvgIpc) is 3.25. The third-order valence-corrected chi connectivity index (χ3v) is 4.32. The number of amides is 1. The van der Waals surface area contributed by atoms with Gasteiger partial charge in [-0.15, -0.1) is 0 Å². The van der Waals surface area contributed by atoms with Crippen LogP contribution < -0.4 is 10.1 Å². The molecule has 11 heteroatoms. The van der Waals surface area contributed by atoms with Gasteiger partial charge in [-0.05, 0) is 12.1 Å². The number of imidazole rings is 1. The number of benzene rings is 1. The summed E-state index contributed by atoms with van der Waals surface area (Å²) in [5.74, 6) is 0.471. The van der Waals surface area contributed by atoms with Gasteiger partial charge in [0.15, 0.2) is 23.2 Å². The van der Waals surface area contributed by atoms with Crippen molar-refractivity contribution in [3.63, 3.8) is 0 Å². The van der Waals surface area contributed by atoms with Gasteiger partial charge in [0.2, 0.25) is 0 Å². The van der Waals surface area contributed by atoms with Gasteiger partial charge in [-0.2, -0.15) is 0 Å². The normalized spacial score (nSPS) is 24.4. The monoisotopic (exact) mass is 387 g/mol. The molecule has 1 amide bonds. The van der Waals surface area contributed by atoms with E-state index in [9.17, 15) is 20.1 Å². The molecule has 146 valence electrons. The Morgan fingerprint density at radius 3 is 2.68 bits per heavy atom. The van der Waals surface area contributed by atoms with E-state index in [1.807, 2.05) is 0 Å². The summed E-state index contributed by atoms with van der Waals surface area (Å²) >= 11 is 0. The van der Waals surface area contributed by atoms with Crippen LogP contribution in [0.3, 0.4) is 0 Å². The molecular weight excluding hydrogens is 370 g/mol. The van der Waals surface area contributed by atoms with E-state index in [-0.39, 0.29) is 17.0 Å². The standard InChI is InChI=1S/C17H17N5O6/c23-6-10-12(24)13(25)16(28-10)22-8-20-11-14(18-7-19-15(11)22)21-17(26)27-9-4-2-1-3-5-9/h1-5,7-8,10,12-13,16,23-25H,6H2,(H,18,19,21,26)/t10-,12?,13?,16-/m1/s1. The number of carbonyl (C=O) groups is 1. The Kier molecular flexibility index (Phi) is 4.88. The molecule has 2 aromatic heterocycles. The zero-order valence-electron chi connectivity index (χ0n) is 14.4. The van der Waals surface area contributed by atoms with Crippen molar-refractivity contribution < 1.29 is 29.6 Å². The quantitative estimate of drug-likeness (QED) is 0.486. The van der Waals surface area contributed by atoms with E-state index in [0.717, 1.165) is 0 Å². The smallest absolute Gasteiger partial charge is 0.410 e. The number of aliphatic hydroxyl groups is 3. The maximum atomic E-state index is 12.1. The zero-order chi connectivity index (χ0) is 19.7. The summed E-state index contributed by atoms with van der Waals surface area (Å²) in [6.07, 6.45) is -2.69. The molecule has 0 bridgehead atoms. The maximum absolute atomic E-state index is 12.1. The first kappa shape index (κ1) is 18.3. The molecule has 2 unspecified atom stereocenters. The Morgan fingerprint density at radius 2 is 1.96 bits per heavy atom. The fourth-order valence-electron chi connectivity index (χ4n) is 2.96. The first-order valence-corrected chi connectivity index (χ1v) is 8.42.